The molecule has 0 saturated carbocycles. The molecule has 0 radical (unpaired) electrons. The molecule has 0 amide bonds. The minimum atomic E-state index is -0.203. The highest BCUT2D eigenvalue weighted by Gasteiger charge is 2.59. The van der Waals surface area contributed by atoms with Crippen molar-refractivity contribution in [1.29, 1.82) is 0 Å². The fraction of sp³-hybridized carbons (Fsp3) is 0.344. The molecule has 67 heavy (non-hydrogen) atoms. The van der Waals surface area contributed by atoms with E-state index in [0.717, 1.165) is 38.5 Å². The lowest BCUT2D eigenvalue weighted by Gasteiger charge is -2.62. The van der Waals surface area contributed by atoms with E-state index in [1.165, 1.54) is 68.0 Å². The number of hydrogen-bond acceptors (Lipinski definition) is 2. The predicted octanol–water partition coefficient (Wildman–Crippen LogP) is 16.5. The third-order valence-corrected chi connectivity index (χ3v) is 16.9. The van der Waals surface area contributed by atoms with Crippen LogP contribution in [0.3, 0.4) is 0 Å². The van der Waals surface area contributed by atoms with Gasteiger partial charge in [0.05, 0.1) is 0 Å². The summed E-state index contributed by atoms with van der Waals surface area (Å²) >= 11 is 0. The molecule has 6 unspecified atom stereocenters. The van der Waals surface area contributed by atoms with E-state index in [1.807, 2.05) is 0 Å². The third kappa shape index (κ3) is 7.75. The highest BCUT2D eigenvalue weighted by Crippen LogP contribution is 2.62. The zero-order valence-electron chi connectivity index (χ0n) is 41.1. The molecule has 338 valence electrons. The van der Waals surface area contributed by atoms with Crippen molar-refractivity contribution in [3.8, 4) is 11.1 Å². The lowest BCUT2D eigenvalue weighted by atomic mass is 9.22. The molecule has 1 saturated heterocycles. The number of nitrogens with zero attached hydrogens (tertiary/aromatic N) is 2. The largest absolute Gasteiger partial charge is 0.359 e. The first-order chi connectivity index (χ1) is 32.4. The average Bonchev–Trinajstić information content (AvgIpc) is 3.36. The monoisotopic (exact) mass is 877 g/mol. The van der Waals surface area contributed by atoms with Crippen LogP contribution in [0.2, 0.25) is 11.6 Å². The van der Waals surface area contributed by atoms with Gasteiger partial charge in [-0.25, -0.2) is 0 Å². The van der Waals surface area contributed by atoms with Crippen LogP contribution in [0.5, 0.6) is 0 Å². The average molecular weight is 877 g/mol. The van der Waals surface area contributed by atoms with Crippen LogP contribution in [0, 0.1) is 11.3 Å². The van der Waals surface area contributed by atoms with Gasteiger partial charge in [-0.3, -0.25) is 0 Å². The molecular weight excluding hydrogens is 808 g/mol. The second kappa shape index (κ2) is 17.1. The van der Waals surface area contributed by atoms with Crippen LogP contribution in [-0.2, 0) is 10.8 Å². The molecule has 5 aromatic rings. The molecular formula is C64H69BN2. The molecule has 0 N–H and O–H groups in total. The van der Waals surface area contributed by atoms with E-state index in [4.69, 9.17) is 0 Å². The Morgan fingerprint density at radius 3 is 1.99 bits per heavy atom. The van der Waals surface area contributed by atoms with Crippen molar-refractivity contribution >= 4 is 23.7 Å². The van der Waals surface area contributed by atoms with Gasteiger partial charge >= 0.3 is 0 Å². The maximum absolute atomic E-state index is 2.98. The summed E-state index contributed by atoms with van der Waals surface area (Å²) in [6.07, 6.45) is 23.2. The molecule has 3 heteroatoms. The van der Waals surface area contributed by atoms with Crippen molar-refractivity contribution in [3.05, 3.63) is 221 Å². The van der Waals surface area contributed by atoms with E-state index in [1.54, 1.807) is 11.2 Å². The second-order valence-electron chi connectivity index (χ2n) is 22.8. The Bertz CT molecular complexity index is 2850. The van der Waals surface area contributed by atoms with E-state index in [2.05, 4.69) is 234 Å². The van der Waals surface area contributed by atoms with Gasteiger partial charge in [-0.05, 0) is 142 Å². The van der Waals surface area contributed by atoms with Gasteiger partial charge in [-0.2, -0.15) is 0 Å². The molecule has 1 fully saturated rings. The number of benzene rings is 5. The molecule has 6 aliphatic rings. The van der Waals surface area contributed by atoms with Crippen molar-refractivity contribution in [1.82, 2.24) is 0 Å². The van der Waals surface area contributed by atoms with Crippen molar-refractivity contribution in [2.24, 2.45) is 11.3 Å². The lowest BCUT2D eigenvalue weighted by molar-refractivity contribution is 0.277. The van der Waals surface area contributed by atoms with Crippen molar-refractivity contribution < 1.29 is 0 Å². The van der Waals surface area contributed by atoms with Crippen molar-refractivity contribution in [2.45, 2.75) is 128 Å². The quantitative estimate of drug-likeness (QED) is 0.150. The fourth-order valence-electron chi connectivity index (χ4n) is 13.4. The van der Waals surface area contributed by atoms with E-state index in [-0.39, 0.29) is 28.3 Å². The summed E-state index contributed by atoms with van der Waals surface area (Å²) in [4.78, 5) is 5.83. The molecule has 2 nitrogen and oxygen atoms in total. The minimum Gasteiger partial charge on any atom is -0.359 e. The van der Waals surface area contributed by atoms with Gasteiger partial charge in [0.25, 0.3) is 0 Å². The summed E-state index contributed by atoms with van der Waals surface area (Å²) in [5.41, 5.74) is 18.6. The normalized spacial score (nSPS) is 24.6. The van der Waals surface area contributed by atoms with Crippen LogP contribution < -0.4 is 9.80 Å². The van der Waals surface area contributed by atoms with E-state index >= 15 is 0 Å². The highest BCUT2D eigenvalue weighted by atomic mass is 15.2. The van der Waals surface area contributed by atoms with Crippen LogP contribution in [-0.4, -0.2) is 18.8 Å². The number of anilines is 2. The topological polar surface area (TPSA) is 6.48 Å². The smallest absolute Gasteiger partial charge is 0.190 e. The summed E-state index contributed by atoms with van der Waals surface area (Å²) < 4.78 is 0. The zero-order valence-corrected chi connectivity index (χ0v) is 41.1. The van der Waals surface area contributed by atoms with Crippen LogP contribution in [0.15, 0.2) is 204 Å². The van der Waals surface area contributed by atoms with E-state index < -0.39 is 0 Å². The molecule has 0 spiro atoms. The first kappa shape index (κ1) is 43.8. The summed E-state index contributed by atoms with van der Waals surface area (Å²) in [5, 5.41) is 0. The first-order valence-electron chi connectivity index (χ1n) is 25.6. The van der Waals surface area contributed by atoms with E-state index in [9.17, 15) is 0 Å². The maximum Gasteiger partial charge on any atom is 0.190 e. The van der Waals surface area contributed by atoms with Crippen LogP contribution in [0.1, 0.15) is 110 Å². The van der Waals surface area contributed by atoms with Gasteiger partial charge in [-0.1, -0.05) is 206 Å². The molecule has 6 atom stereocenters. The molecule has 0 aromatic heterocycles. The molecule has 5 aromatic carbocycles. The van der Waals surface area contributed by atoms with Crippen molar-refractivity contribution in [2.75, 3.05) is 9.80 Å². The summed E-state index contributed by atoms with van der Waals surface area (Å²) in [6, 6.07) is 53.7. The number of hydrogen-bond donors (Lipinski definition) is 0. The summed E-state index contributed by atoms with van der Waals surface area (Å²) in [6.45, 7) is 17.4. The number of allylic oxidation sites excluding steroid dienone is 10. The first-order valence-corrected chi connectivity index (χ1v) is 25.6. The second-order valence-corrected chi connectivity index (χ2v) is 22.8. The van der Waals surface area contributed by atoms with Crippen LogP contribution >= 0.6 is 0 Å². The maximum atomic E-state index is 2.98. The molecule has 2 heterocycles. The Morgan fingerprint density at radius 2 is 1.28 bits per heavy atom. The number of rotatable bonds is 7. The zero-order chi connectivity index (χ0) is 46.1. The molecule has 11 rings (SSSR count). The Morgan fingerprint density at radius 1 is 0.612 bits per heavy atom. The van der Waals surface area contributed by atoms with Gasteiger partial charge in [0, 0.05) is 40.3 Å². The predicted molar refractivity (Wildman–Crippen MR) is 287 cm³/mol. The lowest BCUT2D eigenvalue weighted by Crippen LogP contribution is -2.64. The summed E-state index contributed by atoms with van der Waals surface area (Å²) in [7, 11) is 0. The van der Waals surface area contributed by atoms with Gasteiger partial charge in [0.15, 0.2) is 6.71 Å². The standard InChI is InChI=1S/C64H69BN2/c1-62(2,3)50-31-21-33-54(40-50)67-58-41-51(63(4,5)6)35-37-56(58)65-55-36-34-47(45-24-14-9-15-25-45)39-57(55)66(53-32-20-26-46(38-53)44-22-12-8-13-23-44)59-42-52(43-60(67)61(59)65)64(7,48-27-16-10-17-28-48)49-29-18-11-19-30-49/h8-10,12-18,20-33,35,38-41,52,55-57,59H,11,19,34,36-37,42-43H2,1-7H3. The Kier molecular flexibility index (Phi) is 11.1. The molecule has 2 aliphatic heterocycles. The Hall–Kier alpha value is -5.80. The summed E-state index contributed by atoms with van der Waals surface area (Å²) in [5.74, 6) is 1.19. The Balaban J connectivity index is 1.20. The fourth-order valence-corrected chi connectivity index (χ4v) is 13.4. The van der Waals surface area contributed by atoms with Gasteiger partial charge in [0.1, 0.15) is 0 Å². The Labute approximate surface area is 402 Å². The van der Waals surface area contributed by atoms with Gasteiger partial charge < -0.3 is 9.80 Å². The third-order valence-electron chi connectivity index (χ3n) is 16.9. The van der Waals surface area contributed by atoms with Gasteiger partial charge in [0.2, 0.25) is 0 Å². The SMILES string of the molecule is CC(C)(C)C1=CCC2B3C4=C(CC(C(C)(C5=CCCC=C5)c5ccccc5)CC4N(c4cccc(-c5ccccc5)c4)C4C=C(c5ccccc5)CCC34)N(c3cccc(C(C)(C)C)c3)C2=C1. The van der Waals surface area contributed by atoms with Crippen molar-refractivity contribution in [3.63, 3.8) is 0 Å². The minimum absolute atomic E-state index is 0.0236. The number of fused-ring (bicyclic) bond motifs is 4. The molecule has 0 bridgehead atoms. The van der Waals surface area contributed by atoms with Crippen LogP contribution in [0.4, 0.5) is 11.4 Å². The van der Waals surface area contributed by atoms with E-state index in [0.29, 0.717) is 24.3 Å². The van der Waals surface area contributed by atoms with Crippen LogP contribution in [0.25, 0.3) is 16.7 Å². The molecule has 4 aliphatic carbocycles. The van der Waals surface area contributed by atoms with Gasteiger partial charge in [-0.15, -0.1) is 0 Å². The highest BCUT2D eigenvalue weighted by molar-refractivity contribution is 6.72.